The molecule has 0 radical (unpaired) electrons. The molecule has 1 aromatic heterocycles. The van der Waals surface area contributed by atoms with Crippen LogP contribution in [-0.4, -0.2) is 10.9 Å². The maximum Gasteiger partial charge on any atom is 0.225 e. The molecule has 2 rings (SSSR count). The van der Waals surface area contributed by atoms with E-state index in [-0.39, 0.29) is 5.91 Å². The van der Waals surface area contributed by atoms with Crippen LogP contribution < -0.4 is 10.6 Å². The molecule has 0 atom stereocenters. The Morgan fingerprint density at radius 1 is 1.27 bits per heavy atom. The van der Waals surface area contributed by atoms with Gasteiger partial charge in [0.25, 0.3) is 0 Å². The number of pyridine rings is 1. The van der Waals surface area contributed by atoms with E-state index in [1.165, 1.54) is 5.56 Å². The SMILES string of the molecule is Cc1ccc(Nc2ccc(NC(=O)CC(C)C)nc2)c(Br)c1. The lowest BCUT2D eigenvalue weighted by atomic mass is 10.1. The number of anilines is 3. The van der Waals surface area contributed by atoms with Gasteiger partial charge in [-0.05, 0) is 58.6 Å². The number of nitrogens with one attached hydrogen (secondary N) is 2. The summed E-state index contributed by atoms with van der Waals surface area (Å²) in [6, 6.07) is 9.79. The minimum atomic E-state index is -0.00973. The first kappa shape index (κ1) is 16.5. The highest BCUT2D eigenvalue weighted by Gasteiger charge is 2.06. The molecule has 0 unspecified atom stereocenters. The third-order valence-corrected chi connectivity index (χ3v) is 3.68. The minimum Gasteiger partial charge on any atom is -0.353 e. The largest absolute Gasteiger partial charge is 0.353 e. The molecule has 2 N–H and O–H groups in total. The van der Waals surface area contributed by atoms with Crippen LogP contribution in [0.1, 0.15) is 25.8 Å². The average molecular weight is 362 g/mol. The van der Waals surface area contributed by atoms with Gasteiger partial charge in [0.15, 0.2) is 0 Å². The quantitative estimate of drug-likeness (QED) is 0.797. The highest BCUT2D eigenvalue weighted by molar-refractivity contribution is 9.10. The summed E-state index contributed by atoms with van der Waals surface area (Å²) >= 11 is 3.53. The highest BCUT2D eigenvalue weighted by Crippen LogP contribution is 2.26. The number of halogens is 1. The van der Waals surface area contributed by atoms with Crippen LogP contribution in [-0.2, 0) is 4.79 Å². The molecule has 0 aliphatic carbocycles. The van der Waals surface area contributed by atoms with Crippen molar-refractivity contribution >= 4 is 39.0 Å². The minimum absolute atomic E-state index is 0.00973. The Bertz CT molecular complexity index is 653. The maximum atomic E-state index is 11.7. The van der Waals surface area contributed by atoms with Crippen LogP contribution in [0.3, 0.4) is 0 Å². The Morgan fingerprint density at radius 3 is 2.64 bits per heavy atom. The van der Waals surface area contributed by atoms with E-state index in [2.05, 4.69) is 37.6 Å². The van der Waals surface area contributed by atoms with Gasteiger partial charge in [0, 0.05) is 10.9 Å². The van der Waals surface area contributed by atoms with Crippen LogP contribution in [0.5, 0.6) is 0 Å². The van der Waals surface area contributed by atoms with E-state index in [1.54, 1.807) is 12.3 Å². The zero-order chi connectivity index (χ0) is 16.1. The first-order valence-corrected chi connectivity index (χ1v) is 8.02. The molecule has 0 saturated heterocycles. The lowest BCUT2D eigenvalue weighted by Gasteiger charge is -2.10. The summed E-state index contributed by atoms with van der Waals surface area (Å²) in [5, 5.41) is 6.09. The molecular weight excluding hydrogens is 342 g/mol. The molecule has 0 aliphatic heterocycles. The van der Waals surface area contributed by atoms with Gasteiger partial charge in [0.05, 0.1) is 17.6 Å². The number of nitrogens with zero attached hydrogens (tertiary/aromatic N) is 1. The van der Waals surface area contributed by atoms with E-state index >= 15 is 0 Å². The van der Waals surface area contributed by atoms with Gasteiger partial charge in [-0.25, -0.2) is 4.98 Å². The molecule has 116 valence electrons. The van der Waals surface area contributed by atoms with Gasteiger partial charge in [-0.15, -0.1) is 0 Å². The van der Waals surface area contributed by atoms with Crippen LogP contribution in [0.4, 0.5) is 17.2 Å². The molecule has 2 aromatic rings. The topological polar surface area (TPSA) is 54.0 Å². The molecule has 0 spiro atoms. The second-order valence-corrected chi connectivity index (χ2v) is 6.54. The highest BCUT2D eigenvalue weighted by atomic mass is 79.9. The maximum absolute atomic E-state index is 11.7. The van der Waals surface area contributed by atoms with Gasteiger partial charge in [0.1, 0.15) is 5.82 Å². The molecule has 0 aliphatic rings. The first-order valence-electron chi connectivity index (χ1n) is 7.23. The standard InChI is InChI=1S/C17H20BrN3O/c1-11(2)8-17(22)21-16-7-5-13(10-19-16)20-15-6-4-12(3)9-14(15)18/h4-7,9-11,20H,8H2,1-3H3,(H,19,21,22). The summed E-state index contributed by atoms with van der Waals surface area (Å²) in [6.07, 6.45) is 2.20. The molecule has 1 amide bonds. The molecule has 1 aromatic carbocycles. The van der Waals surface area contributed by atoms with Crippen LogP contribution in [0.25, 0.3) is 0 Å². The molecule has 0 saturated carbocycles. The Hall–Kier alpha value is -1.88. The molecule has 5 heteroatoms. The zero-order valence-electron chi connectivity index (χ0n) is 13.0. The summed E-state index contributed by atoms with van der Waals surface area (Å²) in [6.45, 7) is 6.07. The second kappa shape index (κ2) is 7.40. The number of aryl methyl sites for hydroxylation is 1. The Labute approximate surface area is 139 Å². The number of benzene rings is 1. The Morgan fingerprint density at radius 2 is 2.05 bits per heavy atom. The molecule has 4 nitrogen and oxygen atoms in total. The van der Waals surface area contributed by atoms with Crippen molar-refractivity contribution < 1.29 is 4.79 Å². The molecule has 22 heavy (non-hydrogen) atoms. The van der Waals surface area contributed by atoms with E-state index in [9.17, 15) is 4.79 Å². The van der Waals surface area contributed by atoms with Crippen molar-refractivity contribution in [3.63, 3.8) is 0 Å². The van der Waals surface area contributed by atoms with E-state index in [0.29, 0.717) is 18.2 Å². The Kier molecular flexibility index (Phi) is 5.55. The molecule has 0 bridgehead atoms. The van der Waals surface area contributed by atoms with E-state index in [1.807, 2.05) is 39.0 Å². The lowest BCUT2D eigenvalue weighted by molar-refractivity contribution is -0.116. The number of aromatic nitrogens is 1. The Balaban J connectivity index is 2.01. The summed E-state index contributed by atoms with van der Waals surface area (Å²) in [4.78, 5) is 16.0. The van der Waals surface area contributed by atoms with Crippen LogP contribution in [0, 0.1) is 12.8 Å². The fourth-order valence-electron chi connectivity index (χ4n) is 1.98. The number of amides is 1. The van der Waals surface area contributed by atoms with Gasteiger partial charge in [-0.3, -0.25) is 4.79 Å². The monoisotopic (exact) mass is 361 g/mol. The number of carbonyl (C=O) groups is 1. The summed E-state index contributed by atoms with van der Waals surface area (Å²) in [5.41, 5.74) is 3.04. The average Bonchev–Trinajstić information content (AvgIpc) is 2.43. The van der Waals surface area contributed by atoms with Gasteiger partial charge >= 0.3 is 0 Å². The van der Waals surface area contributed by atoms with Crippen LogP contribution in [0.2, 0.25) is 0 Å². The van der Waals surface area contributed by atoms with Gasteiger partial charge < -0.3 is 10.6 Å². The number of hydrogen-bond acceptors (Lipinski definition) is 3. The third-order valence-electron chi connectivity index (χ3n) is 3.03. The first-order chi connectivity index (χ1) is 10.4. The predicted octanol–water partition coefficient (Wildman–Crippen LogP) is 4.88. The normalized spacial score (nSPS) is 10.6. The van der Waals surface area contributed by atoms with Crippen molar-refractivity contribution in [3.8, 4) is 0 Å². The van der Waals surface area contributed by atoms with Crippen LogP contribution in [0.15, 0.2) is 41.0 Å². The van der Waals surface area contributed by atoms with E-state index < -0.39 is 0 Å². The smallest absolute Gasteiger partial charge is 0.225 e. The van der Waals surface area contributed by atoms with Crippen molar-refractivity contribution in [2.24, 2.45) is 5.92 Å². The summed E-state index contributed by atoms with van der Waals surface area (Å²) < 4.78 is 1.00. The third kappa shape index (κ3) is 4.84. The fraction of sp³-hybridized carbons (Fsp3) is 0.294. The second-order valence-electron chi connectivity index (χ2n) is 5.69. The molecular formula is C17H20BrN3O. The van der Waals surface area contributed by atoms with Crippen molar-refractivity contribution in [2.45, 2.75) is 27.2 Å². The molecule has 1 heterocycles. The van der Waals surface area contributed by atoms with Crippen LogP contribution >= 0.6 is 15.9 Å². The number of carbonyl (C=O) groups excluding carboxylic acids is 1. The molecule has 0 fully saturated rings. The van der Waals surface area contributed by atoms with Crippen molar-refractivity contribution in [1.29, 1.82) is 0 Å². The summed E-state index contributed by atoms with van der Waals surface area (Å²) in [7, 11) is 0. The van der Waals surface area contributed by atoms with Gasteiger partial charge in [-0.1, -0.05) is 19.9 Å². The predicted molar refractivity (Wildman–Crippen MR) is 94.5 cm³/mol. The number of rotatable bonds is 5. The van der Waals surface area contributed by atoms with Crippen molar-refractivity contribution in [2.75, 3.05) is 10.6 Å². The lowest BCUT2D eigenvalue weighted by Crippen LogP contribution is -2.14. The van der Waals surface area contributed by atoms with E-state index in [4.69, 9.17) is 0 Å². The van der Waals surface area contributed by atoms with Crippen molar-refractivity contribution in [1.82, 2.24) is 4.98 Å². The zero-order valence-corrected chi connectivity index (χ0v) is 14.6. The summed E-state index contributed by atoms with van der Waals surface area (Å²) in [5.74, 6) is 0.892. The number of hydrogen-bond donors (Lipinski definition) is 2. The van der Waals surface area contributed by atoms with Gasteiger partial charge in [-0.2, -0.15) is 0 Å². The van der Waals surface area contributed by atoms with Gasteiger partial charge in [0.2, 0.25) is 5.91 Å². The van der Waals surface area contributed by atoms with Crippen molar-refractivity contribution in [3.05, 3.63) is 46.6 Å². The fourth-order valence-corrected chi connectivity index (χ4v) is 2.58. The van der Waals surface area contributed by atoms with E-state index in [0.717, 1.165) is 15.8 Å².